The Bertz CT molecular complexity index is 534. The number of H-pyrrole nitrogens is 1. The van der Waals surface area contributed by atoms with E-state index >= 15 is 0 Å². The number of aliphatic carboxylic acids is 1. The van der Waals surface area contributed by atoms with Gasteiger partial charge in [0.1, 0.15) is 5.75 Å². The first-order valence-electron chi connectivity index (χ1n) is 5.10. The minimum Gasteiger partial charge on any atom is -0.496 e. The van der Waals surface area contributed by atoms with Crippen molar-refractivity contribution in [2.24, 2.45) is 0 Å². The van der Waals surface area contributed by atoms with Crippen LogP contribution in [0.3, 0.4) is 0 Å². The molecule has 0 spiro atoms. The van der Waals surface area contributed by atoms with Crippen LogP contribution in [0.15, 0.2) is 30.6 Å². The van der Waals surface area contributed by atoms with Crippen molar-refractivity contribution in [2.45, 2.75) is 6.42 Å². The number of carbonyl (C=O) groups is 1. The molecule has 17 heavy (non-hydrogen) atoms. The Morgan fingerprint density at radius 2 is 2.24 bits per heavy atom. The highest BCUT2D eigenvalue weighted by Crippen LogP contribution is 2.30. The Kier molecular flexibility index (Phi) is 3.09. The van der Waals surface area contributed by atoms with E-state index in [4.69, 9.17) is 9.84 Å². The number of imidazole rings is 1. The van der Waals surface area contributed by atoms with Crippen LogP contribution in [0.25, 0.3) is 11.3 Å². The van der Waals surface area contributed by atoms with E-state index in [1.807, 2.05) is 24.3 Å². The first-order chi connectivity index (χ1) is 8.22. The summed E-state index contributed by atoms with van der Waals surface area (Å²) in [5.41, 5.74) is 1.97. The van der Waals surface area contributed by atoms with Crippen LogP contribution in [0.5, 0.6) is 5.75 Å². The summed E-state index contributed by atoms with van der Waals surface area (Å²) in [7, 11) is 1.57. The van der Waals surface area contributed by atoms with Crippen LogP contribution in [0, 0.1) is 0 Å². The molecule has 1 aromatic heterocycles. The molecule has 88 valence electrons. The Morgan fingerprint density at radius 1 is 1.47 bits per heavy atom. The highest BCUT2D eigenvalue weighted by molar-refractivity contribution is 5.76. The molecule has 1 heterocycles. The topological polar surface area (TPSA) is 75.2 Å². The smallest absolute Gasteiger partial charge is 0.309 e. The Hall–Kier alpha value is -2.30. The molecule has 0 aliphatic rings. The molecule has 2 N–H and O–H groups in total. The van der Waals surface area contributed by atoms with Gasteiger partial charge in [-0.1, -0.05) is 12.1 Å². The van der Waals surface area contributed by atoms with Crippen molar-refractivity contribution < 1.29 is 14.6 Å². The summed E-state index contributed by atoms with van der Waals surface area (Å²) in [6.45, 7) is 0. The zero-order valence-electron chi connectivity index (χ0n) is 9.30. The number of ether oxygens (including phenoxy) is 1. The van der Waals surface area contributed by atoms with Gasteiger partial charge >= 0.3 is 5.97 Å². The van der Waals surface area contributed by atoms with Crippen LogP contribution in [0.2, 0.25) is 0 Å². The molecule has 0 saturated heterocycles. The number of nitrogens with one attached hydrogen (secondary N) is 1. The normalized spacial score (nSPS) is 10.2. The van der Waals surface area contributed by atoms with Crippen molar-refractivity contribution in [2.75, 3.05) is 7.11 Å². The summed E-state index contributed by atoms with van der Waals surface area (Å²) in [5, 5.41) is 8.80. The number of hydrogen-bond acceptors (Lipinski definition) is 3. The molecule has 5 heteroatoms. The van der Waals surface area contributed by atoms with Gasteiger partial charge in [0, 0.05) is 5.56 Å². The zero-order valence-corrected chi connectivity index (χ0v) is 9.30. The number of hydrogen-bond donors (Lipinski definition) is 2. The number of nitrogens with zero attached hydrogens (tertiary/aromatic N) is 1. The van der Waals surface area contributed by atoms with Crippen molar-refractivity contribution in [1.82, 2.24) is 9.97 Å². The predicted molar refractivity (Wildman–Crippen MR) is 61.9 cm³/mol. The largest absolute Gasteiger partial charge is 0.496 e. The highest BCUT2D eigenvalue weighted by Gasteiger charge is 2.14. The van der Waals surface area contributed by atoms with E-state index in [2.05, 4.69) is 9.97 Å². The third-order valence-corrected chi connectivity index (χ3v) is 2.41. The number of aromatic amines is 1. The number of carboxylic acids is 1. The lowest BCUT2D eigenvalue weighted by Crippen LogP contribution is -2.02. The molecule has 2 rings (SSSR count). The number of methoxy groups -OCH3 is 1. The van der Waals surface area contributed by atoms with Crippen LogP contribution in [-0.2, 0) is 11.2 Å². The van der Waals surface area contributed by atoms with Crippen LogP contribution in [-0.4, -0.2) is 28.2 Å². The summed E-state index contributed by atoms with van der Waals surface area (Å²) >= 11 is 0. The summed E-state index contributed by atoms with van der Waals surface area (Å²) in [4.78, 5) is 17.7. The maximum atomic E-state index is 10.7. The third-order valence-electron chi connectivity index (χ3n) is 2.41. The summed E-state index contributed by atoms with van der Waals surface area (Å²) < 4.78 is 5.23. The second-order valence-electron chi connectivity index (χ2n) is 3.50. The Balaban J connectivity index is 2.46. The van der Waals surface area contributed by atoms with Crippen LogP contribution >= 0.6 is 0 Å². The highest BCUT2D eigenvalue weighted by atomic mass is 16.5. The fourth-order valence-electron chi connectivity index (χ4n) is 1.68. The van der Waals surface area contributed by atoms with Crippen molar-refractivity contribution in [3.05, 3.63) is 36.3 Å². The van der Waals surface area contributed by atoms with E-state index in [1.165, 1.54) is 6.33 Å². The molecule has 0 radical (unpaired) electrons. The lowest BCUT2D eigenvalue weighted by Gasteiger charge is -2.07. The van der Waals surface area contributed by atoms with Gasteiger partial charge in [0.2, 0.25) is 0 Å². The number of carboxylic acid groups (broad SMARTS) is 1. The van der Waals surface area contributed by atoms with Crippen LogP contribution in [0.4, 0.5) is 0 Å². The SMILES string of the molecule is COc1ccccc1-c1nc[nH]c1CC(=O)O. The standard InChI is InChI=1S/C12H12N2O3/c1-17-10-5-3-2-4-8(10)12-9(6-11(15)16)13-7-14-12/h2-5,7H,6H2,1H3,(H,13,14)(H,15,16). The van der Waals surface area contributed by atoms with Gasteiger partial charge in [-0.2, -0.15) is 0 Å². The lowest BCUT2D eigenvalue weighted by molar-refractivity contribution is -0.136. The quantitative estimate of drug-likeness (QED) is 0.841. The first kappa shape index (κ1) is 11.2. The van der Waals surface area contributed by atoms with E-state index in [9.17, 15) is 4.79 Å². The van der Waals surface area contributed by atoms with E-state index in [1.54, 1.807) is 7.11 Å². The van der Waals surface area contributed by atoms with Crippen LogP contribution < -0.4 is 4.74 Å². The van der Waals surface area contributed by atoms with E-state index in [0.29, 0.717) is 17.1 Å². The Morgan fingerprint density at radius 3 is 2.94 bits per heavy atom. The van der Waals surface area contributed by atoms with E-state index in [0.717, 1.165) is 5.56 Å². The second kappa shape index (κ2) is 4.69. The molecule has 0 aliphatic heterocycles. The molecule has 0 amide bonds. The summed E-state index contributed by atoms with van der Waals surface area (Å²) in [5.74, 6) is -0.225. The first-order valence-corrected chi connectivity index (χ1v) is 5.10. The predicted octanol–water partition coefficient (Wildman–Crippen LogP) is 1.71. The van der Waals surface area contributed by atoms with Gasteiger partial charge in [0.25, 0.3) is 0 Å². The van der Waals surface area contributed by atoms with Gasteiger partial charge in [0.15, 0.2) is 0 Å². The second-order valence-corrected chi connectivity index (χ2v) is 3.50. The number of aromatic nitrogens is 2. The molecular formula is C12H12N2O3. The minimum atomic E-state index is -0.898. The van der Waals surface area contributed by atoms with E-state index in [-0.39, 0.29) is 6.42 Å². The molecule has 0 aliphatic carbocycles. The molecule has 0 bridgehead atoms. The van der Waals surface area contributed by atoms with Crippen molar-refractivity contribution in [1.29, 1.82) is 0 Å². The van der Waals surface area contributed by atoms with Gasteiger partial charge in [-0.15, -0.1) is 0 Å². The molecule has 1 aromatic carbocycles. The molecule has 0 atom stereocenters. The number of para-hydroxylation sites is 1. The van der Waals surface area contributed by atoms with Gasteiger partial charge in [-0.3, -0.25) is 4.79 Å². The van der Waals surface area contributed by atoms with Crippen LogP contribution in [0.1, 0.15) is 5.69 Å². The molecule has 0 fully saturated rings. The van der Waals surface area contributed by atoms with Crippen molar-refractivity contribution in [3.8, 4) is 17.0 Å². The molecule has 0 unspecified atom stereocenters. The summed E-state index contributed by atoms with van der Waals surface area (Å²) in [6.07, 6.45) is 1.40. The molecular weight excluding hydrogens is 220 g/mol. The fourth-order valence-corrected chi connectivity index (χ4v) is 1.68. The number of rotatable bonds is 4. The molecule has 2 aromatic rings. The average molecular weight is 232 g/mol. The third kappa shape index (κ3) is 2.28. The maximum absolute atomic E-state index is 10.7. The lowest BCUT2D eigenvalue weighted by atomic mass is 10.1. The Labute approximate surface area is 98.1 Å². The fraction of sp³-hybridized carbons (Fsp3) is 0.167. The minimum absolute atomic E-state index is 0.0899. The zero-order chi connectivity index (χ0) is 12.3. The maximum Gasteiger partial charge on any atom is 0.309 e. The van der Waals surface area contributed by atoms with E-state index < -0.39 is 5.97 Å². The average Bonchev–Trinajstić information content (AvgIpc) is 2.76. The van der Waals surface area contributed by atoms with Gasteiger partial charge < -0.3 is 14.8 Å². The van der Waals surface area contributed by atoms with Gasteiger partial charge in [0.05, 0.1) is 31.2 Å². The van der Waals surface area contributed by atoms with Crippen molar-refractivity contribution >= 4 is 5.97 Å². The molecule has 5 nitrogen and oxygen atoms in total. The molecule has 0 saturated carbocycles. The number of benzene rings is 1. The van der Waals surface area contributed by atoms with Gasteiger partial charge in [-0.25, -0.2) is 4.98 Å². The van der Waals surface area contributed by atoms with Gasteiger partial charge in [-0.05, 0) is 12.1 Å². The summed E-state index contributed by atoms with van der Waals surface area (Å²) in [6, 6.07) is 7.37. The van der Waals surface area contributed by atoms with Crippen molar-refractivity contribution in [3.63, 3.8) is 0 Å². The monoisotopic (exact) mass is 232 g/mol.